The molecule has 1 aromatic heterocycles. The molecule has 0 amide bonds. The molecule has 0 radical (unpaired) electrons. The van der Waals surface area contributed by atoms with Crippen molar-refractivity contribution >= 4 is 38.9 Å². The maximum atomic E-state index is 5.84. The topological polar surface area (TPSA) is 38.7 Å². The summed E-state index contributed by atoms with van der Waals surface area (Å²) >= 11 is 9.36. The van der Waals surface area contributed by atoms with Crippen molar-refractivity contribution < 1.29 is 9.47 Å². The molecular weight excluding hydrogens is 450 g/mol. The lowest BCUT2D eigenvalue weighted by Gasteiger charge is -2.39. The molecule has 0 aliphatic carbocycles. The summed E-state index contributed by atoms with van der Waals surface area (Å²) in [6.45, 7) is 1.65. The fraction of sp³-hybridized carbons (Fsp3) is 0.227. The third-order valence-electron chi connectivity index (χ3n) is 5.11. The molecule has 0 bridgehead atoms. The molecule has 0 saturated carbocycles. The van der Waals surface area contributed by atoms with Crippen LogP contribution >= 0.6 is 28.1 Å². The van der Waals surface area contributed by atoms with Crippen molar-refractivity contribution in [1.82, 2.24) is 9.47 Å². The Kier molecular flexibility index (Phi) is 5.78. The number of methoxy groups -OCH3 is 2. The van der Waals surface area contributed by atoms with Crippen LogP contribution in [0.4, 0.5) is 5.69 Å². The van der Waals surface area contributed by atoms with Crippen LogP contribution in [0.15, 0.2) is 65.3 Å². The van der Waals surface area contributed by atoms with E-state index in [0.717, 1.165) is 40.3 Å². The first-order chi connectivity index (χ1) is 14.1. The van der Waals surface area contributed by atoms with Crippen molar-refractivity contribution in [1.29, 1.82) is 0 Å². The molecule has 5 nitrogen and oxygen atoms in total. The summed E-state index contributed by atoms with van der Waals surface area (Å²) in [4.78, 5) is 2.21. The SMILES string of the molecule is COc1ccc(OC)c([C@H]2c3cccn3CCN2C(=S)Nc2cccc(Br)c2)c1. The number of hydrogen-bond acceptors (Lipinski definition) is 3. The summed E-state index contributed by atoms with van der Waals surface area (Å²) < 4.78 is 14.4. The predicted molar refractivity (Wildman–Crippen MR) is 123 cm³/mol. The Morgan fingerprint density at radius 3 is 2.69 bits per heavy atom. The van der Waals surface area contributed by atoms with Crippen molar-refractivity contribution in [2.24, 2.45) is 0 Å². The monoisotopic (exact) mass is 471 g/mol. The molecule has 2 aromatic carbocycles. The maximum absolute atomic E-state index is 5.84. The normalized spacial score (nSPS) is 15.6. The van der Waals surface area contributed by atoms with Crippen LogP contribution in [0, 0.1) is 0 Å². The van der Waals surface area contributed by atoms with Gasteiger partial charge in [-0.1, -0.05) is 22.0 Å². The Balaban J connectivity index is 1.75. The van der Waals surface area contributed by atoms with Crippen molar-refractivity contribution in [3.63, 3.8) is 0 Å². The molecule has 1 N–H and O–H groups in total. The van der Waals surface area contributed by atoms with Gasteiger partial charge in [-0.3, -0.25) is 0 Å². The van der Waals surface area contributed by atoms with Gasteiger partial charge >= 0.3 is 0 Å². The van der Waals surface area contributed by atoms with E-state index in [-0.39, 0.29) is 6.04 Å². The Morgan fingerprint density at radius 1 is 1.07 bits per heavy atom. The highest BCUT2D eigenvalue weighted by atomic mass is 79.9. The number of hydrogen-bond donors (Lipinski definition) is 1. The van der Waals surface area contributed by atoms with Crippen LogP contribution < -0.4 is 14.8 Å². The minimum absolute atomic E-state index is 0.0871. The number of nitrogens with one attached hydrogen (secondary N) is 1. The standard InChI is InChI=1S/C22H22BrN3O2S/c1-27-17-8-9-20(28-2)18(14-17)21-19-7-4-10-25(19)11-12-26(21)22(29)24-16-6-3-5-15(23)13-16/h3-10,13-14,21H,11-12H2,1-2H3,(H,24,29)/t21-/m0/s1. The van der Waals surface area contributed by atoms with Gasteiger partial charge in [-0.15, -0.1) is 0 Å². The third-order valence-corrected chi connectivity index (χ3v) is 5.94. The number of benzene rings is 2. The van der Waals surface area contributed by atoms with Crippen LogP contribution in [-0.4, -0.2) is 35.3 Å². The number of fused-ring (bicyclic) bond motifs is 1. The summed E-state index contributed by atoms with van der Waals surface area (Å²) in [6, 6.07) is 18.0. The zero-order valence-corrected chi connectivity index (χ0v) is 18.7. The second kappa shape index (κ2) is 8.47. The van der Waals surface area contributed by atoms with Crippen LogP contribution in [0.25, 0.3) is 0 Å². The van der Waals surface area contributed by atoms with Crippen LogP contribution in [0.2, 0.25) is 0 Å². The van der Waals surface area contributed by atoms with E-state index in [9.17, 15) is 0 Å². The van der Waals surface area contributed by atoms with Crippen molar-refractivity contribution in [3.05, 3.63) is 76.5 Å². The van der Waals surface area contributed by atoms with Crippen LogP contribution in [0.1, 0.15) is 17.3 Å². The van der Waals surface area contributed by atoms with Gasteiger partial charge < -0.3 is 24.3 Å². The van der Waals surface area contributed by atoms with Crippen LogP contribution in [-0.2, 0) is 6.54 Å². The van der Waals surface area contributed by atoms with Gasteiger partial charge in [0.15, 0.2) is 5.11 Å². The first-order valence-electron chi connectivity index (χ1n) is 9.31. The molecule has 3 aromatic rings. The number of halogens is 1. The maximum Gasteiger partial charge on any atom is 0.174 e. The summed E-state index contributed by atoms with van der Waals surface area (Å²) in [6.07, 6.45) is 2.11. The van der Waals surface area contributed by atoms with Gasteiger partial charge in [0.25, 0.3) is 0 Å². The second-order valence-corrected chi connectivity index (χ2v) is 8.07. The number of ether oxygens (including phenoxy) is 2. The number of nitrogens with zero attached hydrogens (tertiary/aromatic N) is 2. The Morgan fingerprint density at radius 2 is 1.93 bits per heavy atom. The molecule has 29 heavy (non-hydrogen) atoms. The summed E-state index contributed by atoms with van der Waals surface area (Å²) in [5.74, 6) is 1.59. The number of anilines is 1. The van der Waals surface area contributed by atoms with Gasteiger partial charge in [-0.2, -0.15) is 0 Å². The van der Waals surface area contributed by atoms with E-state index in [0.29, 0.717) is 5.11 Å². The van der Waals surface area contributed by atoms with Gasteiger partial charge in [0.1, 0.15) is 17.5 Å². The minimum atomic E-state index is -0.0871. The average Bonchev–Trinajstić information content (AvgIpc) is 3.21. The Hall–Kier alpha value is -2.51. The van der Waals surface area contributed by atoms with Crippen molar-refractivity contribution in [3.8, 4) is 11.5 Å². The highest BCUT2D eigenvalue weighted by Crippen LogP contribution is 2.39. The highest BCUT2D eigenvalue weighted by molar-refractivity contribution is 9.10. The fourth-order valence-corrected chi connectivity index (χ4v) is 4.46. The van der Waals surface area contributed by atoms with E-state index in [1.165, 1.54) is 5.69 Å². The fourth-order valence-electron chi connectivity index (χ4n) is 3.74. The zero-order valence-electron chi connectivity index (χ0n) is 16.3. The van der Waals surface area contributed by atoms with E-state index < -0.39 is 0 Å². The molecule has 7 heteroatoms. The summed E-state index contributed by atoms with van der Waals surface area (Å²) in [7, 11) is 3.36. The van der Waals surface area contributed by atoms with E-state index >= 15 is 0 Å². The lowest BCUT2D eigenvalue weighted by Crippen LogP contribution is -2.44. The van der Waals surface area contributed by atoms with E-state index in [4.69, 9.17) is 21.7 Å². The van der Waals surface area contributed by atoms with Crippen LogP contribution in [0.3, 0.4) is 0 Å². The Labute approximate surface area is 184 Å². The summed E-state index contributed by atoms with van der Waals surface area (Å²) in [5, 5.41) is 4.06. The van der Waals surface area contributed by atoms with Crippen LogP contribution in [0.5, 0.6) is 11.5 Å². The lowest BCUT2D eigenvalue weighted by molar-refractivity contribution is 0.284. The first-order valence-corrected chi connectivity index (χ1v) is 10.5. The minimum Gasteiger partial charge on any atom is -0.497 e. The molecule has 0 fully saturated rings. The van der Waals surface area contributed by atoms with E-state index in [1.807, 2.05) is 42.5 Å². The molecule has 4 rings (SSSR count). The van der Waals surface area contributed by atoms with E-state index in [2.05, 4.69) is 49.0 Å². The highest BCUT2D eigenvalue weighted by Gasteiger charge is 2.33. The first kappa shape index (κ1) is 19.8. The average molecular weight is 472 g/mol. The molecule has 0 spiro atoms. The molecule has 150 valence electrons. The molecule has 2 heterocycles. The van der Waals surface area contributed by atoms with Gasteiger partial charge in [-0.25, -0.2) is 0 Å². The van der Waals surface area contributed by atoms with Gasteiger partial charge in [0.05, 0.1) is 14.2 Å². The zero-order chi connectivity index (χ0) is 20.4. The molecule has 0 saturated heterocycles. The molecular formula is C22H22BrN3O2S. The number of aromatic nitrogens is 1. The molecule has 1 atom stereocenters. The second-order valence-electron chi connectivity index (χ2n) is 6.77. The van der Waals surface area contributed by atoms with Crippen molar-refractivity contribution in [2.45, 2.75) is 12.6 Å². The molecule has 1 aliphatic heterocycles. The number of thiocarbonyl (C=S) groups is 1. The quantitative estimate of drug-likeness (QED) is 0.537. The third kappa shape index (κ3) is 3.97. The largest absolute Gasteiger partial charge is 0.497 e. The lowest BCUT2D eigenvalue weighted by atomic mass is 9.99. The molecule has 1 aliphatic rings. The number of rotatable bonds is 4. The van der Waals surface area contributed by atoms with E-state index in [1.54, 1.807) is 14.2 Å². The van der Waals surface area contributed by atoms with Gasteiger partial charge in [-0.05, 0) is 60.7 Å². The van der Waals surface area contributed by atoms with Crippen molar-refractivity contribution in [2.75, 3.05) is 26.1 Å². The predicted octanol–water partition coefficient (Wildman–Crippen LogP) is 5.07. The Bertz CT molecular complexity index is 1040. The smallest absolute Gasteiger partial charge is 0.174 e. The molecule has 0 unspecified atom stereocenters. The van der Waals surface area contributed by atoms with Gasteiger partial charge in [0, 0.05) is 40.7 Å². The van der Waals surface area contributed by atoms with Gasteiger partial charge in [0.2, 0.25) is 0 Å². The summed E-state index contributed by atoms with van der Waals surface area (Å²) in [5.41, 5.74) is 3.13.